The third-order valence-corrected chi connectivity index (χ3v) is 11.3. The van der Waals surface area contributed by atoms with Crippen molar-refractivity contribution in [2.24, 2.45) is 0 Å². The highest BCUT2D eigenvalue weighted by Gasteiger charge is 2.45. The predicted molar refractivity (Wildman–Crippen MR) is 193 cm³/mol. The molecule has 228 valence electrons. The van der Waals surface area contributed by atoms with Crippen molar-refractivity contribution in [1.29, 1.82) is 0 Å². The van der Waals surface area contributed by atoms with Crippen LogP contribution in [0.25, 0.3) is 0 Å². The molecule has 0 spiro atoms. The third kappa shape index (κ3) is 6.06. The fourth-order valence-corrected chi connectivity index (χ4v) is 9.20. The van der Waals surface area contributed by atoms with Crippen molar-refractivity contribution in [1.82, 2.24) is 0 Å². The monoisotopic (exact) mass is 723 g/mol. The summed E-state index contributed by atoms with van der Waals surface area (Å²) >= 11 is 14.9. The number of anilines is 1. The van der Waals surface area contributed by atoms with Gasteiger partial charge in [-0.05, 0) is 75.0 Å². The summed E-state index contributed by atoms with van der Waals surface area (Å²) in [6, 6.07) is 13.2. The van der Waals surface area contributed by atoms with Crippen LogP contribution in [-0.2, 0) is 10.8 Å². The van der Waals surface area contributed by atoms with E-state index in [-0.39, 0.29) is 10.8 Å². The first-order valence-corrected chi connectivity index (χ1v) is 18.0. The van der Waals surface area contributed by atoms with Crippen LogP contribution in [0.15, 0.2) is 91.5 Å². The smallest absolute Gasteiger partial charge is 0.210 e. The van der Waals surface area contributed by atoms with E-state index in [0.717, 1.165) is 50.2 Å². The van der Waals surface area contributed by atoms with Gasteiger partial charge in [-0.3, -0.25) is 0 Å². The van der Waals surface area contributed by atoms with Crippen LogP contribution in [0.3, 0.4) is 0 Å². The normalized spacial score (nSPS) is 21.1. The summed E-state index contributed by atoms with van der Waals surface area (Å²) in [5, 5.41) is 0.921. The summed E-state index contributed by atoms with van der Waals surface area (Å²) in [5.41, 5.74) is 10.4. The maximum Gasteiger partial charge on any atom is 0.210 e. The molecule has 1 aliphatic carbocycles. The highest BCUT2D eigenvalue weighted by molar-refractivity contribution is 9.10. The van der Waals surface area contributed by atoms with E-state index in [0.29, 0.717) is 0 Å². The number of nitrogens with zero attached hydrogens (tertiary/aromatic N) is 2. The van der Waals surface area contributed by atoms with Gasteiger partial charge >= 0.3 is 0 Å². The Kier molecular flexibility index (Phi) is 10.0. The lowest BCUT2D eigenvalue weighted by Gasteiger charge is -2.27. The molecule has 2 heterocycles. The lowest BCUT2D eigenvalue weighted by atomic mass is 9.81. The van der Waals surface area contributed by atoms with Crippen LogP contribution in [0.5, 0.6) is 0 Å². The van der Waals surface area contributed by atoms with E-state index < -0.39 is 0 Å². The number of halogens is 3. The zero-order valence-corrected chi connectivity index (χ0v) is 30.6. The van der Waals surface area contributed by atoms with Crippen LogP contribution < -0.4 is 4.90 Å². The summed E-state index contributed by atoms with van der Waals surface area (Å²) in [4.78, 5) is 2.53. The second kappa shape index (κ2) is 13.2. The first-order valence-electron chi connectivity index (χ1n) is 16.0. The number of hydrogen-bond acceptors (Lipinski definition) is 1. The highest BCUT2D eigenvalue weighted by atomic mass is 79.9. The van der Waals surface area contributed by atoms with Crippen LogP contribution in [0.1, 0.15) is 97.6 Å². The molecule has 0 N–H and O–H groups in total. The number of fused-ring (bicyclic) bond motifs is 2. The van der Waals surface area contributed by atoms with E-state index in [1.807, 2.05) is 0 Å². The molecule has 0 bridgehead atoms. The maximum atomic E-state index is 7.21. The first-order chi connectivity index (χ1) is 20.5. The van der Waals surface area contributed by atoms with E-state index in [9.17, 15) is 0 Å². The second-order valence-corrected chi connectivity index (χ2v) is 15.3. The minimum atomic E-state index is -0.0935. The Morgan fingerprint density at radius 1 is 0.860 bits per heavy atom. The summed E-state index contributed by atoms with van der Waals surface area (Å²) in [6.07, 6.45) is 17.1. The zero-order chi connectivity index (χ0) is 30.9. The van der Waals surface area contributed by atoms with E-state index in [4.69, 9.17) is 11.6 Å². The largest absolute Gasteiger partial charge is 0.344 e. The number of benzene rings is 2. The molecule has 3 aliphatic rings. The molecule has 2 nitrogen and oxygen atoms in total. The van der Waals surface area contributed by atoms with Crippen LogP contribution in [0.2, 0.25) is 0 Å². The molecule has 0 aromatic heterocycles. The maximum absolute atomic E-state index is 7.21. The van der Waals surface area contributed by atoms with E-state index >= 15 is 0 Å². The fourth-order valence-electron chi connectivity index (χ4n) is 7.18. The quantitative estimate of drug-likeness (QED) is 0.233. The molecule has 2 aromatic rings. The molecule has 2 aromatic carbocycles. The number of rotatable bonds is 9. The first kappa shape index (κ1) is 32.5. The fraction of sp³-hybridized carbons (Fsp3) is 0.447. The molecular formula is C38H46Br2ClN2+. The van der Waals surface area contributed by atoms with Crippen molar-refractivity contribution < 1.29 is 4.58 Å². The summed E-state index contributed by atoms with van der Waals surface area (Å²) in [6.45, 7) is 16.0. The van der Waals surface area contributed by atoms with Crippen LogP contribution in [-0.4, -0.2) is 23.4 Å². The SMILES string of the molecule is CCCCN1/C(=C/C=C2\CCCC(/C=C/C3=[N+](CCCC)c4cccc(Br)c4C3(C)C)=C2Cl)C(C)(C)c2c(Br)cccc21. The Hall–Kier alpha value is -1.88. The summed E-state index contributed by atoms with van der Waals surface area (Å²) in [7, 11) is 0. The number of allylic oxidation sites excluding steroid dienone is 8. The molecule has 5 heteroatoms. The molecular weight excluding hydrogens is 680 g/mol. The molecule has 0 atom stereocenters. The van der Waals surface area contributed by atoms with Gasteiger partial charge < -0.3 is 4.90 Å². The molecule has 0 radical (unpaired) electrons. The predicted octanol–water partition coefficient (Wildman–Crippen LogP) is 12.0. The van der Waals surface area contributed by atoms with Crippen molar-refractivity contribution in [3.63, 3.8) is 0 Å². The molecule has 43 heavy (non-hydrogen) atoms. The van der Waals surface area contributed by atoms with Crippen LogP contribution >= 0.6 is 43.5 Å². The Labute approximate surface area is 281 Å². The second-order valence-electron chi connectivity index (χ2n) is 13.2. The molecule has 0 unspecified atom stereocenters. The third-order valence-electron chi connectivity index (χ3n) is 9.49. The lowest BCUT2D eigenvalue weighted by molar-refractivity contribution is -0.438. The van der Waals surface area contributed by atoms with E-state index in [2.05, 4.69) is 144 Å². The van der Waals surface area contributed by atoms with E-state index in [1.54, 1.807) is 0 Å². The minimum Gasteiger partial charge on any atom is -0.344 e. The Bertz CT molecular complexity index is 1550. The van der Waals surface area contributed by atoms with Crippen molar-refractivity contribution in [3.05, 3.63) is 103 Å². The van der Waals surface area contributed by atoms with Gasteiger partial charge in [-0.15, -0.1) is 0 Å². The average Bonchev–Trinajstić information content (AvgIpc) is 3.32. The van der Waals surface area contributed by atoms with Gasteiger partial charge in [0.25, 0.3) is 0 Å². The molecule has 0 fully saturated rings. The van der Waals surface area contributed by atoms with Gasteiger partial charge in [0.05, 0.1) is 11.0 Å². The molecule has 0 saturated heterocycles. The molecule has 0 amide bonds. The van der Waals surface area contributed by atoms with Gasteiger partial charge in [-0.2, -0.15) is 4.58 Å². The molecule has 0 saturated carbocycles. The van der Waals surface area contributed by atoms with Gasteiger partial charge in [0.1, 0.15) is 6.54 Å². The lowest BCUT2D eigenvalue weighted by Crippen LogP contribution is -2.28. The Morgan fingerprint density at radius 2 is 1.56 bits per heavy atom. The van der Waals surface area contributed by atoms with Crippen molar-refractivity contribution in [3.8, 4) is 0 Å². The number of unbranched alkanes of at least 4 members (excludes halogenated alkanes) is 2. The van der Waals surface area contributed by atoms with Crippen molar-refractivity contribution >= 4 is 60.5 Å². The van der Waals surface area contributed by atoms with Crippen molar-refractivity contribution in [2.45, 2.75) is 97.3 Å². The van der Waals surface area contributed by atoms with Gasteiger partial charge in [-0.1, -0.05) is 108 Å². The van der Waals surface area contributed by atoms with Gasteiger partial charge in [-0.25, -0.2) is 0 Å². The van der Waals surface area contributed by atoms with Crippen LogP contribution in [0, 0.1) is 0 Å². The van der Waals surface area contributed by atoms with Crippen LogP contribution in [0.4, 0.5) is 11.4 Å². The Morgan fingerprint density at radius 3 is 2.28 bits per heavy atom. The summed E-state index contributed by atoms with van der Waals surface area (Å²) in [5.74, 6) is 0. The van der Waals surface area contributed by atoms with Gasteiger partial charge in [0.2, 0.25) is 5.69 Å². The molecule has 5 rings (SSSR count). The van der Waals surface area contributed by atoms with Crippen molar-refractivity contribution in [2.75, 3.05) is 18.0 Å². The topological polar surface area (TPSA) is 6.25 Å². The average molecular weight is 726 g/mol. The zero-order valence-electron chi connectivity index (χ0n) is 26.7. The number of hydrogen-bond donors (Lipinski definition) is 0. The minimum absolute atomic E-state index is 0.0935. The Balaban J connectivity index is 1.51. The summed E-state index contributed by atoms with van der Waals surface area (Å²) < 4.78 is 4.90. The van der Waals surface area contributed by atoms with E-state index in [1.165, 1.54) is 66.8 Å². The van der Waals surface area contributed by atoms with Gasteiger partial charge in [0, 0.05) is 61.4 Å². The standard InChI is InChI=1S/C38H46Br2ClN2/c1-7-9-24-42-30-18-12-16-28(39)34(30)37(3,4)32(42)22-20-26-14-11-15-27(36(26)41)21-23-33-38(5,6)35-29(40)17-13-19-31(35)43(33)25-10-8-2/h12-13,16-23H,7-11,14-15,24-25H2,1-6H3/q+1. The highest BCUT2D eigenvalue weighted by Crippen LogP contribution is 2.51. The van der Waals surface area contributed by atoms with Gasteiger partial charge in [0.15, 0.2) is 5.71 Å². The molecule has 2 aliphatic heterocycles.